The minimum Gasteiger partial charge on any atom is -0.493 e. The van der Waals surface area contributed by atoms with Crippen LogP contribution in [0.2, 0.25) is 0 Å². The van der Waals surface area contributed by atoms with Crippen molar-refractivity contribution in [1.82, 2.24) is 9.88 Å². The second-order valence-corrected chi connectivity index (χ2v) is 9.62. The number of hydrogen-bond donors (Lipinski definition) is 1. The van der Waals surface area contributed by atoms with Crippen molar-refractivity contribution in [1.29, 1.82) is 0 Å². The van der Waals surface area contributed by atoms with E-state index in [1.54, 1.807) is 11.3 Å². The number of carboxylic acids is 1. The third kappa shape index (κ3) is 5.98. The minimum absolute atomic E-state index is 0.0845. The summed E-state index contributed by atoms with van der Waals surface area (Å²) in [5, 5.41) is 12.8. The average molecular weight is 515 g/mol. The van der Waals surface area contributed by atoms with Crippen LogP contribution in [0.5, 0.6) is 5.75 Å². The topological polar surface area (TPSA) is 89.0 Å². The molecular weight excluding hydrogens is 488 g/mol. The number of rotatable bonds is 8. The number of aromatic nitrogens is 1. The van der Waals surface area contributed by atoms with Gasteiger partial charge in [-0.15, -0.1) is 11.3 Å². The molecule has 0 fully saturated rings. The monoisotopic (exact) mass is 514 g/mol. The highest BCUT2D eigenvalue weighted by Crippen LogP contribution is 2.28. The van der Waals surface area contributed by atoms with Gasteiger partial charge < -0.3 is 14.6 Å². The van der Waals surface area contributed by atoms with Gasteiger partial charge >= 0.3 is 12.1 Å². The molecule has 1 atom stereocenters. The Kier molecular flexibility index (Phi) is 7.46. The standard InChI is InChI=1S/C29H26N2O5S/c32-28(33)26-16-22-11-12-25(35-14-13-24-19-37-27(30-24)21-9-5-2-6-10-21)15-23(22)17-31(26)29(34)36-18-20-7-3-1-4-8-20/h1-12,15,19,26H,13-14,16-18H2,(H,32,33). The predicted molar refractivity (Wildman–Crippen MR) is 140 cm³/mol. The Hall–Kier alpha value is -4.17. The third-order valence-electron chi connectivity index (χ3n) is 6.23. The summed E-state index contributed by atoms with van der Waals surface area (Å²) in [5.74, 6) is -0.385. The number of ether oxygens (including phenoxy) is 2. The molecule has 5 rings (SSSR count). The van der Waals surface area contributed by atoms with Gasteiger partial charge in [0.2, 0.25) is 0 Å². The molecule has 188 valence electrons. The molecule has 0 saturated carbocycles. The van der Waals surface area contributed by atoms with Crippen molar-refractivity contribution in [3.8, 4) is 16.3 Å². The van der Waals surface area contributed by atoms with E-state index < -0.39 is 18.1 Å². The maximum absolute atomic E-state index is 12.8. The molecule has 1 aliphatic heterocycles. The van der Waals surface area contributed by atoms with Crippen LogP contribution < -0.4 is 4.74 Å². The van der Waals surface area contributed by atoms with Gasteiger partial charge in [-0.2, -0.15) is 0 Å². The molecule has 0 bridgehead atoms. The maximum atomic E-state index is 12.8. The average Bonchev–Trinajstić information content (AvgIpc) is 3.41. The van der Waals surface area contributed by atoms with Gasteiger partial charge in [0.05, 0.1) is 18.8 Å². The van der Waals surface area contributed by atoms with Crippen LogP contribution in [-0.2, 0) is 35.5 Å². The zero-order valence-electron chi connectivity index (χ0n) is 20.1. The first-order chi connectivity index (χ1) is 18.1. The summed E-state index contributed by atoms with van der Waals surface area (Å²) < 4.78 is 11.4. The Balaban J connectivity index is 1.21. The fraction of sp³-hybridized carbons (Fsp3) is 0.207. The van der Waals surface area contributed by atoms with Crippen LogP contribution in [0.4, 0.5) is 4.79 Å². The predicted octanol–water partition coefficient (Wildman–Crippen LogP) is 5.58. The van der Waals surface area contributed by atoms with Gasteiger partial charge in [0.1, 0.15) is 23.4 Å². The summed E-state index contributed by atoms with van der Waals surface area (Å²) in [5.41, 5.74) is 4.65. The summed E-state index contributed by atoms with van der Waals surface area (Å²) in [6, 6.07) is 24.0. The van der Waals surface area contributed by atoms with E-state index in [0.29, 0.717) is 18.8 Å². The number of hydrogen-bond acceptors (Lipinski definition) is 6. The molecule has 37 heavy (non-hydrogen) atoms. The summed E-state index contributed by atoms with van der Waals surface area (Å²) in [6.07, 6.45) is 0.234. The van der Waals surface area contributed by atoms with Gasteiger partial charge in [0.25, 0.3) is 0 Å². The molecule has 0 saturated heterocycles. The zero-order chi connectivity index (χ0) is 25.6. The van der Waals surface area contributed by atoms with E-state index in [9.17, 15) is 14.7 Å². The van der Waals surface area contributed by atoms with Crippen LogP contribution in [0.1, 0.15) is 22.4 Å². The van der Waals surface area contributed by atoms with Gasteiger partial charge in [-0.3, -0.25) is 4.90 Å². The molecule has 1 N–H and O–H groups in total. The highest BCUT2D eigenvalue weighted by molar-refractivity contribution is 7.13. The van der Waals surface area contributed by atoms with Crippen molar-refractivity contribution >= 4 is 23.4 Å². The first-order valence-corrected chi connectivity index (χ1v) is 12.9. The van der Waals surface area contributed by atoms with Crippen molar-refractivity contribution in [2.24, 2.45) is 0 Å². The number of benzene rings is 3. The smallest absolute Gasteiger partial charge is 0.411 e. The number of aliphatic carboxylic acids is 1. The SMILES string of the molecule is O=C(O)C1Cc2ccc(OCCc3csc(-c4ccccc4)n3)cc2CN1C(=O)OCc1ccccc1. The molecule has 2 heterocycles. The van der Waals surface area contributed by atoms with Crippen molar-refractivity contribution < 1.29 is 24.2 Å². The van der Waals surface area contributed by atoms with E-state index >= 15 is 0 Å². The molecular formula is C29H26N2O5S. The highest BCUT2D eigenvalue weighted by Gasteiger charge is 2.35. The summed E-state index contributed by atoms with van der Waals surface area (Å²) in [4.78, 5) is 30.7. The Morgan fingerprint density at radius 1 is 1.00 bits per heavy atom. The number of carboxylic acid groups (broad SMARTS) is 1. The van der Waals surface area contributed by atoms with Crippen LogP contribution in [0.3, 0.4) is 0 Å². The highest BCUT2D eigenvalue weighted by atomic mass is 32.1. The van der Waals surface area contributed by atoms with Gasteiger partial charge in [-0.25, -0.2) is 14.6 Å². The molecule has 4 aromatic rings. The largest absolute Gasteiger partial charge is 0.493 e. The van der Waals surface area contributed by atoms with E-state index in [1.165, 1.54) is 4.90 Å². The quantitative estimate of drug-likeness (QED) is 0.330. The number of thiazole rings is 1. The van der Waals surface area contributed by atoms with Gasteiger partial charge in [0, 0.05) is 23.8 Å². The molecule has 1 aromatic heterocycles. The first kappa shape index (κ1) is 24.5. The Morgan fingerprint density at radius 3 is 2.51 bits per heavy atom. The van der Waals surface area contributed by atoms with Gasteiger partial charge in [-0.1, -0.05) is 66.7 Å². The fourth-order valence-corrected chi connectivity index (χ4v) is 5.13. The molecule has 0 radical (unpaired) electrons. The van der Waals surface area contributed by atoms with E-state index in [4.69, 9.17) is 14.5 Å². The Labute approximate surface area is 218 Å². The lowest BCUT2D eigenvalue weighted by atomic mass is 9.94. The second-order valence-electron chi connectivity index (χ2n) is 8.77. The van der Waals surface area contributed by atoms with Crippen LogP contribution in [-0.4, -0.2) is 39.7 Å². The van der Waals surface area contributed by atoms with Crippen LogP contribution >= 0.6 is 11.3 Å². The lowest BCUT2D eigenvalue weighted by molar-refractivity contribution is -0.143. The van der Waals surface area contributed by atoms with E-state index in [-0.39, 0.29) is 19.6 Å². The summed E-state index contributed by atoms with van der Waals surface area (Å²) >= 11 is 1.61. The number of nitrogens with zero attached hydrogens (tertiary/aromatic N) is 2. The molecule has 0 spiro atoms. The fourth-order valence-electron chi connectivity index (χ4n) is 4.27. The molecule has 1 unspecified atom stereocenters. The number of amides is 1. The number of carbonyl (C=O) groups is 2. The van der Waals surface area contributed by atoms with Crippen molar-refractivity contribution in [3.05, 3.63) is 107 Å². The third-order valence-corrected chi connectivity index (χ3v) is 7.17. The van der Waals surface area contributed by atoms with Gasteiger partial charge in [-0.05, 0) is 28.8 Å². The molecule has 8 heteroatoms. The Morgan fingerprint density at radius 2 is 1.76 bits per heavy atom. The molecule has 0 aliphatic carbocycles. The van der Waals surface area contributed by atoms with E-state index in [2.05, 4.69) is 0 Å². The number of carbonyl (C=O) groups excluding carboxylic acids is 1. The lowest BCUT2D eigenvalue weighted by Crippen LogP contribution is -2.48. The van der Waals surface area contributed by atoms with E-state index in [0.717, 1.165) is 33.0 Å². The van der Waals surface area contributed by atoms with Gasteiger partial charge in [0.15, 0.2) is 0 Å². The molecule has 3 aromatic carbocycles. The molecule has 7 nitrogen and oxygen atoms in total. The number of fused-ring (bicyclic) bond motifs is 1. The van der Waals surface area contributed by atoms with Crippen LogP contribution in [0.25, 0.3) is 10.6 Å². The lowest BCUT2D eigenvalue weighted by Gasteiger charge is -2.33. The summed E-state index contributed by atoms with van der Waals surface area (Å²) in [7, 11) is 0. The second kappa shape index (κ2) is 11.3. The molecule has 1 amide bonds. The van der Waals surface area contributed by atoms with Crippen molar-refractivity contribution in [2.45, 2.75) is 32.0 Å². The molecule has 1 aliphatic rings. The van der Waals surface area contributed by atoms with Crippen LogP contribution in [0, 0.1) is 0 Å². The summed E-state index contributed by atoms with van der Waals surface area (Å²) in [6.45, 7) is 0.683. The normalized spacial score (nSPS) is 14.6. The Bertz CT molecular complexity index is 1370. The first-order valence-electron chi connectivity index (χ1n) is 12.0. The van der Waals surface area contributed by atoms with Crippen molar-refractivity contribution in [3.63, 3.8) is 0 Å². The maximum Gasteiger partial charge on any atom is 0.411 e. The van der Waals surface area contributed by atoms with Crippen LogP contribution in [0.15, 0.2) is 84.2 Å². The van der Waals surface area contributed by atoms with E-state index in [1.807, 2.05) is 84.2 Å². The zero-order valence-corrected chi connectivity index (χ0v) is 20.9. The minimum atomic E-state index is -1.05. The van der Waals surface area contributed by atoms with Crippen molar-refractivity contribution in [2.75, 3.05) is 6.61 Å².